The minimum atomic E-state index is -3.58. The fraction of sp³-hybridized carbons (Fsp3) is 0.438. The lowest BCUT2D eigenvalue weighted by molar-refractivity contribution is 0.0604. The molecule has 0 spiro atoms. The summed E-state index contributed by atoms with van der Waals surface area (Å²) >= 11 is 0. The van der Waals surface area contributed by atoms with E-state index < -0.39 is 10.0 Å². The number of fused-ring (bicyclic) bond motifs is 1. The predicted molar refractivity (Wildman–Crippen MR) is 89.7 cm³/mol. The summed E-state index contributed by atoms with van der Waals surface area (Å²) in [4.78, 5) is 4.55. The van der Waals surface area contributed by atoms with E-state index in [0.29, 0.717) is 42.7 Å². The number of piperidine rings is 1. The van der Waals surface area contributed by atoms with E-state index in [1.165, 1.54) is 4.31 Å². The summed E-state index contributed by atoms with van der Waals surface area (Å²) in [5.41, 5.74) is 7.77. The molecule has 23 heavy (non-hydrogen) atoms. The minimum absolute atomic E-state index is 0.130. The zero-order chi connectivity index (χ0) is 16.6. The Bertz CT molecular complexity index is 828. The van der Waals surface area contributed by atoms with E-state index in [2.05, 4.69) is 4.98 Å². The number of nitrogens with two attached hydrogens (primary N) is 1. The monoisotopic (exact) mass is 335 g/mol. The minimum Gasteiger partial charge on any atom is -0.398 e. The zero-order valence-corrected chi connectivity index (χ0v) is 14.1. The molecule has 0 unspecified atom stereocenters. The van der Waals surface area contributed by atoms with Gasteiger partial charge in [-0.05, 0) is 43.5 Å². The molecular weight excluding hydrogens is 314 g/mol. The first-order chi connectivity index (χ1) is 10.9. The van der Waals surface area contributed by atoms with Crippen LogP contribution in [0.5, 0.6) is 0 Å². The number of hydrogen-bond donors (Lipinski definition) is 1. The Morgan fingerprint density at radius 1 is 1.35 bits per heavy atom. The van der Waals surface area contributed by atoms with Crippen LogP contribution in [-0.2, 0) is 14.8 Å². The van der Waals surface area contributed by atoms with Crippen molar-refractivity contribution in [2.75, 3.05) is 25.9 Å². The highest BCUT2D eigenvalue weighted by Gasteiger charge is 2.31. The van der Waals surface area contributed by atoms with Crippen LogP contribution in [0.25, 0.3) is 10.9 Å². The number of anilines is 1. The second-order valence-corrected chi connectivity index (χ2v) is 7.73. The van der Waals surface area contributed by atoms with Gasteiger partial charge in [0.15, 0.2) is 0 Å². The second kappa shape index (κ2) is 6.07. The molecule has 124 valence electrons. The van der Waals surface area contributed by atoms with Crippen LogP contribution in [0.3, 0.4) is 0 Å². The van der Waals surface area contributed by atoms with Crippen LogP contribution in [0, 0.1) is 6.92 Å². The van der Waals surface area contributed by atoms with E-state index in [9.17, 15) is 8.42 Å². The Morgan fingerprint density at radius 2 is 2.04 bits per heavy atom. The van der Waals surface area contributed by atoms with E-state index >= 15 is 0 Å². The summed E-state index contributed by atoms with van der Waals surface area (Å²) in [6, 6.07) is 5.20. The molecule has 2 N–H and O–H groups in total. The van der Waals surface area contributed by atoms with E-state index in [0.717, 1.165) is 5.39 Å². The molecule has 0 amide bonds. The zero-order valence-electron chi connectivity index (χ0n) is 13.3. The molecule has 0 radical (unpaired) electrons. The lowest BCUT2D eigenvalue weighted by Crippen LogP contribution is -2.40. The van der Waals surface area contributed by atoms with Gasteiger partial charge in [0.1, 0.15) is 0 Å². The van der Waals surface area contributed by atoms with Crippen LogP contribution in [0.1, 0.15) is 18.4 Å². The van der Waals surface area contributed by atoms with Gasteiger partial charge in [0.25, 0.3) is 0 Å². The summed E-state index contributed by atoms with van der Waals surface area (Å²) < 4.78 is 32.8. The molecule has 6 nitrogen and oxygen atoms in total. The van der Waals surface area contributed by atoms with Gasteiger partial charge < -0.3 is 10.5 Å². The molecule has 1 aromatic heterocycles. The maximum absolute atomic E-state index is 13.0. The maximum Gasteiger partial charge on any atom is 0.243 e. The standard InChI is InChI=1S/C16H21N3O3S/c1-11-15(10-14(17)13-4-3-7-18-16(11)13)23(20,21)19-8-5-12(22-2)6-9-19/h3-4,7,10,12H,5-6,8-9,17H2,1-2H3. The van der Waals surface area contributed by atoms with Crippen LogP contribution in [0.4, 0.5) is 5.69 Å². The van der Waals surface area contributed by atoms with Crippen molar-refractivity contribution in [1.29, 1.82) is 0 Å². The number of rotatable bonds is 3. The van der Waals surface area contributed by atoms with Crippen LogP contribution in [0.15, 0.2) is 29.3 Å². The third kappa shape index (κ3) is 2.80. The molecular formula is C16H21N3O3S. The van der Waals surface area contributed by atoms with Gasteiger partial charge in [-0.3, -0.25) is 4.98 Å². The molecule has 7 heteroatoms. The number of ether oxygens (including phenoxy) is 1. The van der Waals surface area contributed by atoms with Crippen molar-refractivity contribution in [3.63, 3.8) is 0 Å². The van der Waals surface area contributed by atoms with Crippen LogP contribution in [0.2, 0.25) is 0 Å². The molecule has 0 aliphatic carbocycles. The summed E-state index contributed by atoms with van der Waals surface area (Å²) in [7, 11) is -1.92. The quantitative estimate of drug-likeness (QED) is 0.866. The first-order valence-electron chi connectivity index (χ1n) is 7.62. The fourth-order valence-electron chi connectivity index (χ4n) is 3.10. The number of nitrogens with zero attached hydrogens (tertiary/aromatic N) is 2. The molecule has 1 aliphatic heterocycles. The van der Waals surface area contributed by atoms with Gasteiger partial charge in [0.2, 0.25) is 10.0 Å². The van der Waals surface area contributed by atoms with E-state index in [4.69, 9.17) is 10.5 Å². The van der Waals surface area contributed by atoms with Crippen LogP contribution >= 0.6 is 0 Å². The van der Waals surface area contributed by atoms with E-state index in [1.807, 2.05) is 6.07 Å². The smallest absolute Gasteiger partial charge is 0.243 e. The lowest BCUT2D eigenvalue weighted by atomic mass is 10.1. The van der Waals surface area contributed by atoms with Gasteiger partial charge in [0.05, 0.1) is 16.5 Å². The highest BCUT2D eigenvalue weighted by Crippen LogP contribution is 2.31. The summed E-state index contributed by atoms with van der Waals surface area (Å²) in [6.07, 6.45) is 3.19. The Morgan fingerprint density at radius 3 is 2.70 bits per heavy atom. The molecule has 0 saturated carbocycles. The topological polar surface area (TPSA) is 85.5 Å². The average molecular weight is 335 g/mol. The van der Waals surface area contributed by atoms with Crippen molar-refractivity contribution < 1.29 is 13.2 Å². The Labute approximate surface area is 136 Å². The third-order valence-electron chi connectivity index (χ3n) is 4.48. The molecule has 0 atom stereocenters. The van der Waals surface area contributed by atoms with Crippen molar-refractivity contribution >= 4 is 26.6 Å². The number of methoxy groups -OCH3 is 1. The van der Waals surface area contributed by atoms with Gasteiger partial charge in [-0.25, -0.2) is 8.42 Å². The molecule has 3 rings (SSSR count). The van der Waals surface area contributed by atoms with Crippen molar-refractivity contribution in [3.05, 3.63) is 30.0 Å². The average Bonchev–Trinajstić information content (AvgIpc) is 2.58. The van der Waals surface area contributed by atoms with Crippen molar-refractivity contribution in [2.45, 2.75) is 30.8 Å². The normalized spacial score (nSPS) is 17.7. The van der Waals surface area contributed by atoms with Gasteiger partial charge in [-0.1, -0.05) is 0 Å². The number of pyridine rings is 1. The number of hydrogen-bond acceptors (Lipinski definition) is 5. The fourth-order valence-corrected chi connectivity index (χ4v) is 4.83. The molecule has 1 aromatic carbocycles. The van der Waals surface area contributed by atoms with Gasteiger partial charge in [-0.2, -0.15) is 4.31 Å². The number of aryl methyl sites for hydroxylation is 1. The summed E-state index contributed by atoms with van der Waals surface area (Å²) in [5.74, 6) is 0. The molecule has 0 bridgehead atoms. The van der Waals surface area contributed by atoms with Crippen LogP contribution < -0.4 is 5.73 Å². The first kappa shape index (κ1) is 16.2. The summed E-state index contributed by atoms with van der Waals surface area (Å²) in [6.45, 7) is 2.70. The number of aromatic nitrogens is 1. The van der Waals surface area contributed by atoms with Gasteiger partial charge in [0, 0.05) is 37.5 Å². The Hall–Kier alpha value is -1.70. The van der Waals surface area contributed by atoms with Crippen LogP contribution in [-0.4, -0.2) is 44.0 Å². The Balaban J connectivity index is 2.04. The van der Waals surface area contributed by atoms with Crippen molar-refractivity contribution in [1.82, 2.24) is 9.29 Å². The summed E-state index contributed by atoms with van der Waals surface area (Å²) in [5, 5.41) is 0.780. The maximum atomic E-state index is 13.0. The van der Waals surface area contributed by atoms with E-state index in [-0.39, 0.29) is 11.0 Å². The lowest BCUT2D eigenvalue weighted by Gasteiger charge is -2.31. The molecule has 1 fully saturated rings. The molecule has 2 heterocycles. The number of benzene rings is 1. The molecule has 1 saturated heterocycles. The van der Waals surface area contributed by atoms with E-state index in [1.54, 1.807) is 32.4 Å². The van der Waals surface area contributed by atoms with Gasteiger partial charge >= 0.3 is 0 Å². The van der Waals surface area contributed by atoms with Gasteiger partial charge in [-0.15, -0.1) is 0 Å². The highest BCUT2D eigenvalue weighted by molar-refractivity contribution is 7.89. The Kier molecular flexibility index (Phi) is 4.27. The molecule has 1 aliphatic rings. The largest absolute Gasteiger partial charge is 0.398 e. The highest BCUT2D eigenvalue weighted by atomic mass is 32.2. The van der Waals surface area contributed by atoms with Crippen molar-refractivity contribution in [2.24, 2.45) is 0 Å². The SMILES string of the molecule is COC1CCN(S(=O)(=O)c2cc(N)c3cccnc3c2C)CC1. The second-order valence-electron chi connectivity index (χ2n) is 5.83. The first-order valence-corrected chi connectivity index (χ1v) is 9.06. The van der Waals surface area contributed by atoms with Crippen molar-refractivity contribution in [3.8, 4) is 0 Å². The number of sulfonamides is 1. The number of nitrogen functional groups attached to an aromatic ring is 1. The molecule has 2 aromatic rings. The predicted octanol–water partition coefficient (Wildman–Crippen LogP) is 1.92. The third-order valence-corrected chi connectivity index (χ3v) is 6.51.